The summed E-state index contributed by atoms with van der Waals surface area (Å²) in [7, 11) is 0. The maximum atomic E-state index is 9.12. The Kier molecular flexibility index (Phi) is 2.75. The van der Waals surface area contributed by atoms with E-state index in [-0.39, 0.29) is 5.92 Å². The average molecular weight is 252 g/mol. The van der Waals surface area contributed by atoms with Crippen LogP contribution < -0.4 is 5.73 Å². The molecule has 1 aromatic heterocycles. The first kappa shape index (κ1) is 11.2. The van der Waals surface area contributed by atoms with Gasteiger partial charge < -0.3 is 5.73 Å². The van der Waals surface area contributed by atoms with E-state index in [9.17, 15) is 0 Å². The number of nitrogens with zero attached hydrogens (tertiary/aromatic N) is 2. The maximum absolute atomic E-state index is 9.12. The van der Waals surface area contributed by atoms with Crippen molar-refractivity contribution in [1.82, 2.24) is 4.98 Å². The molecule has 0 aliphatic heterocycles. The van der Waals surface area contributed by atoms with Crippen molar-refractivity contribution in [3.05, 3.63) is 22.2 Å². The molecule has 0 radical (unpaired) electrons. The van der Waals surface area contributed by atoms with Crippen LogP contribution in [0.4, 0.5) is 5.13 Å². The van der Waals surface area contributed by atoms with Gasteiger partial charge in [0.25, 0.3) is 0 Å². The van der Waals surface area contributed by atoms with Gasteiger partial charge in [-0.3, -0.25) is 0 Å². The van der Waals surface area contributed by atoms with Gasteiger partial charge >= 0.3 is 0 Å². The van der Waals surface area contributed by atoms with Gasteiger partial charge in [-0.15, -0.1) is 0 Å². The highest BCUT2D eigenvalue weighted by Crippen LogP contribution is 2.36. The molecule has 0 bridgehead atoms. The first-order valence-corrected chi connectivity index (χ1v) is 6.02. The third kappa shape index (κ3) is 1.62. The molecule has 0 spiro atoms. The van der Waals surface area contributed by atoms with Crippen LogP contribution in [0.25, 0.3) is 10.2 Å². The highest BCUT2D eigenvalue weighted by Gasteiger charge is 2.17. The predicted octanol–water partition coefficient (Wildman–Crippen LogP) is 3.53. The van der Waals surface area contributed by atoms with Gasteiger partial charge in [0.1, 0.15) is 6.07 Å². The summed E-state index contributed by atoms with van der Waals surface area (Å²) >= 11 is 7.47. The Morgan fingerprint density at radius 3 is 2.81 bits per heavy atom. The van der Waals surface area contributed by atoms with E-state index < -0.39 is 0 Å². The van der Waals surface area contributed by atoms with E-state index >= 15 is 0 Å². The van der Waals surface area contributed by atoms with E-state index in [2.05, 4.69) is 11.1 Å². The van der Waals surface area contributed by atoms with Gasteiger partial charge in [-0.1, -0.05) is 36.8 Å². The second-order valence-corrected chi connectivity index (χ2v) is 5.28. The van der Waals surface area contributed by atoms with Crippen LogP contribution in [0, 0.1) is 11.3 Å². The molecule has 0 amide bonds. The Labute approximate surface area is 102 Å². The fraction of sp³-hybridized carbons (Fsp3) is 0.273. The van der Waals surface area contributed by atoms with Gasteiger partial charge in [0.2, 0.25) is 0 Å². The number of hydrogen-bond donors (Lipinski definition) is 1. The Balaban J connectivity index is 2.93. The molecule has 0 saturated heterocycles. The molecule has 0 saturated carbocycles. The highest BCUT2D eigenvalue weighted by atomic mass is 35.5. The van der Waals surface area contributed by atoms with Crippen molar-refractivity contribution < 1.29 is 0 Å². The lowest BCUT2D eigenvalue weighted by Crippen LogP contribution is -1.96. The van der Waals surface area contributed by atoms with Crippen LogP contribution in [0.15, 0.2) is 6.07 Å². The minimum Gasteiger partial charge on any atom is -0.375 e. The number of nitrogen functional groups attached to an aromatic ring is 1. The number of hydrogen-bond acceptors (Lipinski definition) is 4. The van der Waals surface area contributed by atoms with E-state index in [0.29, 0.717) is 15.7 Å². The molecule has 2 rings (SSSR count). The van der Waals surface area contributed by atoms with Crippen molar-refractivity contribution in [2.45, 2.75) is 19.8 Å². The van der Waals surface area contributed by atoms with E-state index in [4.69, 9.17) is 22.6 Å². The molecule has 0 aliphatic rings. The fourth-order valence-corrected chi connectivity index (χ4v) is 2.86. The topological polar surface area (TPSA) is 62.7 Å². The lowest BCUT2D eigenvalue weighted by molar-refractivity contribution is 0.870. The number of aromatic nitrogens is 1. The number of nitriles is 1. The third-order valence-corrected chi connectivity index (χ3v) is 3.51. The molecule has 82 valence electrons. The zero-order valence-corrected chi connectivity index (χ0v) is 10.5. The van der Waals surface area contributed by atoms with Crippen molar-refractivity contribution in [3.8, 4) is 6.07 Å². The van der Waals surface area contributed by atoms with E-state index in [1.807, 2.05) is 13.8 Å². The Morgan fingerprint density at radius 1 is 1.56 bits per heavy atom. The molecule has 0 aliphatic carbocycles. The van der Waals surface area contributed by atoms with Crippen LogP contribution in [0.5, 0.6) is 0 Å². The normalized spacial score (nSPS) is 10.9. The Bertz CT molecular complexity index is 595. The average Bonchev–Trinajstić information content (AvgIpc) is 2.55. The predicted molar refractivity (Wildman–Crippen MR) is 67.8 cm³/mol. The largest absolute Gasteiger partial charge is 0.375 e. The highest BCUT2D eigenvalue weighted by molar-refractivity contribution is 7.22. The zero-order valence-electron chi connectivity index (χ0n) is 8.91. The molecule has 2 aromatic rings. The van der Waals surface area contributed by atoms with E-state index in [1.54, 1.807) is 6.07 Å². The van der Waals surface area contributed by atoms with Gasteiger partial charge in [-0.05, 0) is 12.0 Å². The van der Waals surface area contributed by atoms with E-state index in [1.165, 1.54) is 11.3 Å². The standard InChI is InChI=1S/C11H10ClN3S/c1-5(2)9-6(4-13)7(12)3-8-10(9)15-11(14)16-8/h3,5H,1-2H3,(H2,14,15). The summed E-state index contributed by atoms with van der Waals surface area (Å²) in [5.41, 5.74) is 7.88. The van der Waals surface area contributed by atoms with Gasteiger partial charge in [-0.2, -0.15) is 5.26 Å². The molecule has 16 heavy (non-hydrogen) atoms. The van der Waals surface area contributed by atoms with Gasteiger partial charge in [0, 0.05) is 5.56 Å². The summed E-state index contributed by atoms with van der Waals surface area (Å²) in [5.74, 6) is 0.192. The molecule has 0 atom stereocenters. The summed E-state index contributed by atoms with van der Waals surface area (Å²) in [6.07, 6.45) is 0. The molecule has 0 unspecified atom stereocenters. The van der Waals surface area contributed by atoms with Gasteiger partial charge in [0.05, 0.1) is 20.8 Å². The Morgan fingerprint density at radius 2 is 2.25 bits per heavy atom. The second-order valence-electron chi connectivity index (χ2n) is 3.81. The second kappa shape index (κ2) is 3.93. The van der Waals surface area contributed by atoms with Crippen molar-refractivity contribution in [2.24, 2.45) is 0 Å². The molecule has 1 aromatic carbocycles. The summed E-state index contributed by atoms with van der Waals surface area (Å²) in [5, 5.41) is 10.1. The number of benzene rings is 1. The smallest absolute Gasteiger partial charge is 0.181 e. The molecule has 3 nitrogen and oxygen atoms in total. The Hall–Kier alpha value is -1.31. The molecule has 5 heteroatoms. The number of anilines is 1. The van der Waals surface area contributed by atoms with Crippen molar-refractivity contribution in [2.75, 3.05) is 5.73 Å². The monoisotopic (exact) mass is 251 g/mol. The van der Waals surface area contributed by atoms with Crippen LogP contribution in [0.2, 0.25) is 5.02 Å². The van der Waals surface area contributed by atoms with Gasteiger partial charge in [0.15, 0.2) is 5.13 Å². The van der Waals surface area contributed by atoms with Crippen molar-refractivity contribution >= 4 is 38.3 Å². The van der Waals surface area contributed by atoms with Crippen LogP contribution >= 0.6 is 22.9 Å². The maximum Gasteiger partial charge on any atom is 0.181 e. The van der Waals surface area contributed by atoms with Gasteiger partial charge in [-0.25, -0.2) is 4.98 Å². The van der Waals surface area contributed by atoms with Crippen molar-refractivity contribution in [3.63, 3.8) is 0 Å². The molecular formula is C11H10ClN3S. The number of rotatable bonds is 1. The number of thiazole rings is 1. The van der Waals surface area contributed by atoms with Crippen LogP contribution in [-0.2, 0) is 0 Å². The lowest BCUT2D eigenvalue weighted by Gasteiger charge is -2.09. The molecule has 1 heterocycles. The number of fused-ring (bicyclic) bond motifs is 1. The molecule has 0 fully saturated rings. The molecular weight excluding hydrogens is 242 g/mol. The van der Waals surface area contributed by atoms with E-state index in [0.717, 1.165) is 15.8 Å². The zero-order chi connectivity index (χ0) is 11.9. The fourth-order valence-electron chi connectivity index (χ4n) is 1.75. The van der Waals surface area contributed by atoms with Crippen LogP contribution in [0.1, 0.15) is 30.9 Å². The number of nitrogens with two attached hydrogens (primary N) is 1. The quantitative estimate of drug-likeness (QED) is 0.843. The van der Waals surface area contributed by atoms with Crippen LogP contribution in [0.3, 0.4) is 0 Å². The number of halogens is 1. The third-order valence-electron chi connectivity index (χ3n) is 2.38. The first-order chi connectivity index (χ1) is 7.54. The summed E-state index contributed by atoms with van der Waals surface area (Å²) < 4.78 is 0.935. The first-order valence-electron chi connectivity index (χ1n) is 4.83. The minimum atomic E-state index is 0.192. The van der Waals surface area contributed by atoms with Crippen LogP contribution in [-0.4, -0.2) is 4.98 Å². The lowest BCUT2D eigenvalue weighted by atomic mass is 9.96. The molecule has 2 N–H and O–H groups in total. The summed E-state index contributed by atoms with van der Waals surface area (Å²) in [6.45, 7) is 4.03. The summed E-state index contributed by atoms with van der Waals surface area (Å²) in [6, 6.07) is 3.90. The van der Waals surface area contributed by atoms with Crippen molar-refractivity contribution in [1.29, 1.82) is 5.26 Å². The summed E-state index contributed by atoms with van der Waals surface area (Å²) in [4.78, 5) is 4.27. The SMILES string of the molecule is CC(C)c1c(C#N)c(Cl)cc2sc(N)nc12. The minimum absolute atomic E-state index is 0.192.